The van der Waals surface area contributed by atoms with E-state index in [0.717, 1.165) is 48.1 Å². The number of amides is 1. The molecule has 1 aromatic carbocycles. The molecular formula is C19H20N4O. The maximum absolute atomic E-state index is 12.9. The molecule has 3 aromatic rings. The lowest BCUT2D eigenvalue weighted by Crippen LogP contribution is -2.39. The molecule has 1 saturated heterocycles. The number of aromatic amines is 1. The summed E-state index contributed by atoms with van der Waals surface area (Å²) in [7, 11) is 0. The van der Waals surface area contributed by atoms with Crippen LogP contribution in [0.2, 0.25) is 0 Å². The van der Waals surface area contributed by atoms with E-state index >= 15 is 0 Å². The number of hydrogen-bond acceptors (Lipinski definition) is 3. The number of imidazole rings is 1. The van der Waals surface area contributed by atoms with Crippen LogP contribution in [-0.4, -0.2) is 32.3 Å². The largest absolute Gasteiger partial charge is 0.347 e. The van der Waals surface area contributed by atoms with Gasteiger partial charge < -0.3 is 9.88 Å². The minimum atomic E-state index is 0.0645. The Kier molecular flexibility index (Phi) is 3.99. The first-order valence-electron chi connectivity index (χ1n) is 8.44. The van der Waals surface area contributed by atoms with Crippen molar-refractivity contribution in [2.75, 3.05) is 6.54 Å². The molecule has 0 bridgehead atoms. The molecule has 4 rings (SSSR count). The predicted molar refractivity (Wildman–Crippen MR) is 92.3 cm³/mol. The highest BCUT2D eigenvalue weighted by atomic mass is 16.2. The Morgan fingerprint density at radius 2 is 2.17 bits per heavy atom. The maximum atomic E-state index is 12.9. The first-order chi connectivity index (χ1) is 11.8. The lowest BCUT2D eigenvalue weighted by atomic mass is 10.00. The van der Waals surface area contributed by atoms with Gasteiger partial charge in [-0.05, 0) is 37.0 Å². The third-order valence-corrected chi connectivity index (χ3v) is 4.66. The van der Waals surface area contributed by atoms with Crippen LogP contribution in [0.25, 0.3) is 10.9 Å². The second kappa shape index (κ2) is 6.43. The van der Waals surface area contributed by atoms with Crippen LogP contribution >= 0.6 is 0 Å². The van der Waals surface area contributed by atoms with Gasteiger partial charge in [-0.2, -0.15) is 0 Å². The molecule has 1 unspecified atom stereocenters. The van der Waals surface area contributed by atoms with Crippen molar-refractivity contribution in [3.8, 4) is 0 Å². The molecule has 0 saturated carbocycles. The third kappa shape index (κ3) is 2.89. The van der Waals surface area contributed by atoms with Crippen LogP contribution in [0.15, 0.2) is 48.9 Å². The van der Waals surface area contributed by atoms with Crippen LogP contribution in [0, 0.1) is 0 Å². The van der Waals surface area contributed by atoms with E-state index < -0.39 is 0 Å². The standard InChI is InChI=1S/C19H20N4O/c24-18(12-14-11-15-5-1-2-6-16(15)22-13-14)23-10-4-3-7-17(23)19-20-8-9-21-19/h1-2,5-6,8-9,11,13,17H,3-4,7,10,12H2,(H,20,21). The number of aromatic nitrogens is 3. The van der Waals surface area contributed by atoms with E-state index in [9.17, 15) is 4.79 Å². The van der Waals surface area contributed by atoms with Gasteiger partial charge in [-0.15, -0.1) is 0 Å². The number of nitrogens with one attached hydrogen (secondary N) is 1. The van der Waals surface area contributed by atoms with Crippen molar-refractivity contribution >= 4 is 16.8 Å². The summed E-state index contributed by atoms with van der Waals surface area (Å²) < 4.78 is 0. The van der Waals surface area contributed by atoms with Crippen molar-refractivity contribution in [2.45, 2.75) is 31.7 Å². The van der Waals surface area contributed by atoms with E-state index in [1.54, 1.807) is 6.20 Å². The van der Waals surface area contributed by atoms with Crippen molar-refractivity contribution in [3.05, 3.63) is 60.3 Å². The highest BCUT2D eigenvalue weighted by Crippen LogP contribution is 2.29. The highest BCUT2D eigenvalue weighted by Gasteiger charge is 2.29. The molecule has 1 N–H and O–H groups in total. The summed E-state index contributed by atoms with van der Waals surface area (Å²) in [5.74, 6) is 1.04. The van der Waals surface area contributed by atoms with E-state index in [0.29, 0.717) is 6.42 Å². The molecule has 0 aliphatic carbocycles. The van der Waals surface area contributed by atoms with Crippen molar-refractivity contribution in [2.24, 2.45) is 0 Å². The van der Waals surface area contributed by atoms with Crippen LogP contribution in [0.3, 0.4) is 0 Å². The van der Waals surface area contributed by atoms with Crippen molar-refractivity contribution < 1.29 is 4.79 Å². The van der Waals surface area contributed by atoms with E-state index in [1.807, 2.05) is 41.6 Å². The summed E-state index contributed by atoms with van der Waals surface area (Å²) in [4.78, 5) is 26.8. The monoisotopic (exact) mass is 320 g/mol. The van der Waals surface area contributed by atoms with Gasteiger partial charge in [-0.3, -0.25) is 9.78 Å². The van der Waals surface area contributed by atoms with Gasteiger partial charge in [0.05, 0.1) is 18.0 Å². The molecule has 2 aromatic heterocycles. The Morgan fingerprint density at radius 3 is 3.04 bits per heavy atom. The number of rotatable bonds is 3. The smallest absolute Gasteiger partial charge is 0.227 e. The van der Waals surface area contributed by atoms with Crippen LogP contribution in [-0.2, 0) is 11.2 Å². The lowest BCUT2D eigenvalue weighted by molar-refractivity contribution is -0.134. The van der Waals surface area contributed by atoms with Crippen LogP contribution in [0.4, 0.5) is 0 Å². The van der Waals surface area contributed by atoms with Crippen LogP contribution in [0.5, 0.6) is 0 Å². The van der Waals surface area contributed by atoms with E-state index in [4.69, 9.17) is 0 Å². The number of pyridine rings is 1. The molecular weight excluding hydrogens is 300 g/mol. The Labute approximate surface area is 140 Å². The average Bonchev–Trinajstić information content (AvgIpc) is 3.16. The summed E-state index contributed by atoms with van der Waals surface area (Å²) in [5, 5.41) is 1.07. The molecule has 0 spiro atoms. The molecule has 1 fully saturated rings. The fraction of sp³-hybridized carbons (Fsp3) is 0.316. The van der Waals surface area contributed by atoms with Gasteiger partial charge in [0.15, 0.2) is 0 Å². The van der Waals surface area contributed by atoms with Crippen molar-refractivity contribution in [1.82, 2.24) is 19.9 Å². The molecule has 1 atom stereocenters. The molecule has 122 valence electrons. The molecule has 1 aliphatic rings. The normalized spacial score (nSPS) is 18.0. The SMILES string of the molecule is O=C(Cc1cnc2ccccc2c1)N1CCCCC1c1ncc[nH]1. The third-order valence-electron chi connectivity index (χ3n) is 4.66. The topological polar surface area (TPSA) is 61.9 Å². The number of carbonyl (C=O) groups is 1. The fourth-order valence-corrected chi connectivity index (χ4v) is 3.46. The minimum Gasteiger partial charge on any atom is -0.347 e. The lowest BCUT2D eigenvalue weighted by Gasteiger charge is -2.34. The number of carbonyl (C=O) groups excluding carboxylic acids is 1. The molecule has 5 nitrogen and oxygen atoms in total. The predicted octanol–water partition coefficient (Wildman–Crippen LogP) is 3.25. The summed E-state index contributed by atoms with van der Waals surface area (Å²) in [6, 6.07) is 10.1. The molecule has 0 radical (unpaired) electrons. The van der Waals surface area contributed by atoms with E-state index in [2.05, 4.69) is 21.0 Å². The second-order valence-corrected chi connectivity index (χ2v) is 6.29. The van der Waals surface area contributed by atoms with Gasteiger partial charge in [-0.1, -0.05) is 18.2 Å². The Balaban J connectivity index is 1.55. The zero-order valence-corrected chi connectivity index (χ0v) is 13.5. The molecule has 1 amide bonds. The number of likely N-dealkylation sites (tertiary alicyclic amines) is 1. The molecule has 1 aliphatic heterocycles. The maximum Gasteiger partial charge on any atom is 0.227 e. The zero-order valence-electron chi connectivity index (χ0n) is 13.5. The van der Waals surface area contributed by atoms with Gasteiger partial charge in [0.1, 0.15) is 5.82 Å². The summed E-state index contributed by atoms with van der Waals surface area (Å²) >= 11 is 0. The van der Waals surface area contributed by atoms with Gasteiger partial charge >= 0.3 is 0 Å². The summed E-state index contributed by atoms with van der Waals surface area (Å²) in [6.07, 6.45) is 8.92. The van der Waals surface area contributed by atoms with Crippen LogP contribution < -0.4 is 0 Å². The summed E-state index contributed by atoms with van der Waals surface area (Å²) in [6.45, 7) is 0.797. The number of benzene rings is 1. The molecule has 5 heteroatoms. The number of nitrogens with zero attached hydrogens (tertiary/aromatic N) is 3. The Morgan fingerprint density at radius 1 is 1.25 bits per heavy atom. The first kappa shape index (κ1) is 14.9. The zero-order chi connectivity index (χ0) is 16.4. The number of hydrogen-bond donors (Lipinski definition) is 1. The van der Waals surface area contributed by atoms with Gasteiger partial charge in [0.2, 0.25) is 5.91 Å². The minimum absolute atomic E-state index is 0.0645. The quantitative estimate of drug-likeness (QED) is 0.806. The Hall–Kier alpha value is -2.69. The van der Waals surface area contributed by atoms with Crippen LogP contribution in [0.1, 0.15) is 36.7 Å². The van der Waals surface area contributed by atoms with E-state index in [1.165, 1.54) is 0 Å². The number of H-pyrrole nitrogens is 1. The summed E-state index contributed by atoms with van der Waals surface area (Å²) in [5.41, 5.74) is 1.92. The number of piperidine rings is 1. The average molecular weight is 320 g/mol. The fourth-order valence-electron chi connectivity index (χ4n) is 3.46. The van der Waals surface area contributed by atoms with Crippen molar-refractivity contribution in [3.63, 3.8) is 0 Å². The number of para-hydroxylation sites is 1. The van der Waals surface area contributed by atoms with Crippen molar-refractivity contribution in [1.29, 1.82) is 0 Å². The highest BCUT2D eigenvalue weighted by molar-refractivity contribution is 5.83. The van der Waals surface area contributed by atoms with E-state index in [-0.39, 0.29) is 11.9 Å². The van der Waals surface area contributed by atoms with Gasteiger partial charge in [0.25, 0.3) is 0 Å². The number of fused-ring (bicyclic) bond motifs is 1. The molecule has 3 heterocycles. The Bertz CT molecular complexity index is 843. The van der Waals surface area contributed by atoms with Gasteiger partial charge in [0, 0.05) is 30.5 Å². The molecule has 24 heavy (non-hydrogen) atoms. The van der Waals surface area contributed by atoms with Gasteiger partial charge in [-0.25, -0.2) is 4.98 Å². The second-order valence-electron chi connectivity index (χ2n) is 6.29. The first-order valence-corrected chi connectivity index (χ1v) is 8.44.